The van der Waals surface area contributed by atoms with Crippen molar-refractivity contribution in [3.63, 3.8) is 0 Å². The first-order chi connectivity index (χ1) is 6.02. The molecule has 1 heterocycles. The number of hydrogen-bond donors (Lipinski definition) is 1. The molecule has 1 aliphatic rings. The quantitative estimate of drug-likeness (QED) is 0.502. The van der Waals surface area contributed by atoms with Gasteiger partial charge in [-0.05, 0) is 6.92 Å². The van der Waals surface area contributed by atoms with E-state index >= 15 is 0 Å². The van der Waals surface area contributed by atoms with E-state index in [4.69, 9.17) is 9.47 Å². The summed E-state index contributed by atoms with van der Waals surface area (Å²) in [6, 6.07) is 0. The van der Waals surface area contributed by atoms with Crippen LogP contribution < -0.4 is 0 Å². The number of esters is 1. The summed E-state index contributed by atoms with van der Waals surface area (Å²) in [5.74, 6) is -0.459. The van der Waals surface area contributed by atoms with Gasteiger partial charge in [0.2, 0.25) is 0 Å². The largest absolute Gasteiger partial charge is 0.453 e. The molecule has 4 heteroatoms. The maximum Gasteiger partial charge on any atom is 0.333 e. The van der Waals surface area contributed by atoms with Crippen molar-refractivity contribution in [2.45, 2.75) is 26.2 Å². The Morgan fingerprint density at radius 3 is 2.69 bits per heavy atom. The summed E-state index contributed by atoms with van der Waals surface area (Å²) in [6.07, 6.45) is -1.57. The van der Waals surface area contributed by atoms with Crippen LogP contribution in [0, 0.1) is 5.92 Å². The van der Waals surface area contributed by atoms with Gasteiger partial charge >= 0.3 is 5.97 Å². The molecule has 0 spiro atoms. The highest BCUT2D eigenvalue weighted by atomic mass is 16.7. The molecule has 0 aromatic heterocycles. The summed E-state index contributed by atoms with van der Waals surface area (Å²) >= 11 is 0. The summed E-state index contributed by atoms with van der Waals surface area (Å²) in [5, 5.41) is 9.26. The first kappa shape index (κ1) is 10.2. The van der Waals surface area contributed by atoms with Gasteiger partial charge in [0.25, 0.3) is 0 Å². The molecule has 1 aliphatic heterocycles. The van der Waals surface area contributed by atoms with Gasteiger partial charge in [-0.2, -0.15) is 0 Å². The number of aliphatic hydroxyl groups excluding tert-OH is 1. The third-order valence-corrected chi connectivity index (χ3v) is 1.96. The standard InChI is InChI=1S/C9H14O4/c1-5(2)8(10)13-7-6(3)4-12-9(7)11/h6-7,9,11H,1,4H2,2-3H3. The Morgan fingerprint density at radius 1 is 1.69 bits per heavy atom. The number of rotatable bonds is 2. The molecule has 0 aliphatic carbocycles. The van der Waals surface area contributed by atoms with Gasteiger partial charge in [0.15, 0.2) is 12.4 Å². The van der Waals surface area contributed by atoms with Gasteiger partial charge in [-0.1, -0.05) is 13.5 Å². The number of carbonyl (C=O) groups is 1. The van der Waals surface area contributed by atoms with Crippen molar-refractivity contribution in [1.29, 1.82) is 0 Å². The lowest BCUT2D eigenvalue weighted by Gasteiger charge is -2.17. The summed E-state index contributed by atoms with van der Waals surface area (Å²) in [7, 11) is 0. The highest BCUT2D eigenvalue weighted by Gasteiger charge is 2.36. The Bertz CT molecular complexity index is 214. The number of ether oxygens (including phenoxy) is 2. The van der Waals surface area contributed by atoms with Gasteiger partial charge in [0, 0.05) is 11.5 Å². The van der Waals surface area contributed by atoms with Crippen molar-refractivity contribution in [1.82, 2.24) is 0 Å². The maximum atomic E-state index is 11.1. The normalized spacial score (nSPS) is 33.0. The smallest absolute Gasteiger partial charge is 0.333 e. The monoisotopic (exact) mass is 186 g/mol. The van der Waals surface area contributed by atoms with E-state index < -0.39 is 18.4 Å². The van der Waals surface area contributed by atoms with E-state index in [9.17, 15) is 9.90 Å². The average molecular weight is 186 g/mol. The number of hydrogen-bond acceptors (Lipinski definition) is 4. The molecule has 4 nitrogen and oxygen atoms in total. The van der Waals surface area contributed by atoms with Crippen LogP contribution in [0.3, 0.4) is 0 Å². The van der Waals surface area contributed by atoms with E-state index in [0.717, 1.165) is 0 Å². The summed E-state index contributed by atoms with van der Waals surface area (Å²) in [6.45, 7) is 7.28. The zero-order chi connectivity index (χ0) is 10.0. The van der Waals surface area contributed by atoms with Crippen molar-refractivity contribution >= 4 is 5.97 Å². The fourth-order valence-corrected chi connectivity index (χ4v) is 1.12. The SMILES string of the molecule is C=C(C)C(=O)OC1C(C)COC1O. The third-order valence-electron chi connectivity index (χ3n) is 1.96. The van der Waals surface area contributed by atoms with Crippen molar-refractivity contribution in [3.05, 3.63) is 12.2 Å². The zero-order valence-corrected chi connectivity index (χ0v) is 7.82. The van der Waals surface area contributed by atoms with Crippen LogP contribution >= 0.6 is 0 Å². The first-order valence-corrected chi connectivity index (χ1v) is 4.18. The van der Waals surface area contributed by atoms with Crippen molar-refractivity contribution < 1.29 is 19.4 Å². The Morgan fingerprint density at radius 2 is 2.31 bits per heavy atom. The molecule has 1 fully saturated rings. The molecule has 13 heavy (non-hydrogen) atoms. The fraction of sp³-hybridized carbons (Fsp3) is 0.667. The van der Waals surface area contributed by atoms with E-state index in [1.54, 1.807) is 6.92 Å². The van der Waals surface area contributed by atoms with E-state index in [0.29, 0.717) is 12.2 Å². The second-order valence-electron chi connectivity index (χ2n) is 3.35. The molecule has 3 unspecified atom stereocenters. The van der Waals surface area contributed by atoms with Gasteiger partial charge < -0.3 is 14.6 Å². The Hall–Kier alpha value is -0.870. The molecule has 0 bridgehead atoms. The number of carbonyl (C=O) groups excluding carboxylic acids is 1. The van der Waals surface area contributed by atoms with Crippen LogP contribution in [0.25, 0.3) is 0 Å². The van der Waals surface area contributed by atoms with Crippen LogP contribution in [0.2, 0.25) is 0 Å². The molecule has 0 aromatic rings. The molecule has 0 amide bonds. The molecule has 1 saturated heterocycles. The zero-order valence-electron chi connectivity index (χ0n) is 7.82. The van der Waals surface area contributed by atoms with Crippen molar-refractivity contribution in [2.75, 3.05) is 6.61 Å². The Labute approximate surface area is 77.1 Å². The van der Waals surface area contributed by atoms with Gasteiger partial charge in [-0.3, -0.25) is 0 Å². The molecule has 0 saturated carbocycles. The first-order valence-electron chi connectivity index (χ1n) is 4.18. The second-order valence-corrected chi connectivity index (χ2v) is 3.35. The molecule has 3 atom stereocenters. The lowest BCUT2D eigenvalue weighted by atomic mass is 10.1. The van der Waals surface area contributed by atoms with Crippen LogP contribution in [0.4, 0.5) is 0 Å². The number of aliphatic hydroxyl groups is 1. The van der Waals surface area contributed by atoms with Crippen LogP contribution in [-0.4, -0.2) is 30.1 Å². The Kier molecular flexibility index (Phi) is 3.06. The van der Waals surface area contributed by atoms with Crippen molar-refractivity contribution in [3.8, 4) is 0 Å². The molecular formula is C9H14O4. The summed E-state index contributed by atoms with van der Waals surface area (Å²) in [4.78, 5) is 11.1. The minimum absolute atomic E-state index is 0.0262. The van der Waals surface area contributed by atoms with Crippen molar-refractivity contribution in [2.24, 2.45) is 5.92 Å². The van der Waals surface area contributed by atoms with Gasteiger partial charge in [-0.25, -0.2) is 4.79 Å². The van der Waals surface area contributed by atoms with Crippen LogP contribution in [0.5, 0.6) is 0 Å². The van der Waals surface area contributed by atoms with Gasteiger partial charge in [0.1, 0.15) is 0 Å². The fourth-order valence-electron chi connectivity index (χ4n) is 1.12. The predicted molar refractivity (Wildman–Crippen MR) is 45.8 cm³/mol. The van der Waals surface area contributed by atoms with Gasteiger partial charge in [-0.15, -0.1) is 0 Å². The average Bonchev–Trinajstić information content (AvgIpc) is 2.35. The molecule has 74 valence electrons. The van der Waals surface area contributed by atoms with Crippen LogP contribution in [0.15, 0.2) is 12.2 Å². The maximum absolute atomic E-state index is 11.1. The lowest BCUT2D eigenvalue weighted by Crippen LogP contribution is -2.31. The molecule has 1 rings (SSSR count). The van der Waals surface area contributed by atoms with E-state index in [-0.39, 0.29) is 5.92 Å². The van der Waals surface area contributed by atoms with E-state index in [1.807, 2.05) is 6.92 Å². The minimum Gasteiger partial charge on any atom is -0.453 e. The van der Waals surface area contributed by atoms with Crippen LogP contribution in [0.1, 0.15) is 13.8 Å². The topological polar surface area (TPSA) is 55.8 Å². The van der Waals surface area contributed by atoms with E-state index in [1.165, 1.54) is 0 Å². The second kappa shape index (κ2) is 3.89. The minimum atomic E-state index is -1.00. The lowest BCUT2D eigenvalue weighted by molar-refractivity contribution is -0.163. The Balaban J connectivity index is 2.52. The summed E-state index contributed by atoms with van der Waals surface area (Å²) in [5.41, 5.74) is 0.325. The summed E-state index contributed by atoms with van der Waals surface area (Å²) < 4.78 is 9.89. The predicted octanol–water partition coefficient (Wildman–Crippen LogP) is 0.459. The van der Waals surface area contributed by atoms with E-state index in [2.05, 4.69) is 6.58 Å². The molecule has 1 N–H and O–H groups in total. The molecular weight excluding hydrogens is 172 g/mol. The van der Waals surface area contributed by atoms with Crippen LogP contribution in [-0.2, 0) is 14.3 Å². The highest BCUT2D eigenvalue weighted by Crippen LogP contribution is 2.21. The highest BCUT2D eigenvalue weighted by molar-refractivity contribution is 5.87. The molecule has 0 radical (unpaired) electrons. The molecule has 0 aromatic carbocycles. The van der Waals surface area contributed by atoms with Gasteiger partial charge in [0.05, 0.1) is 6.61 Å². The third kappa shape index (κ3) is 2.29.